The Morgan fingerprint density at radius 3 is 0.888 bits per heavy atom. The van der Waals surface area contributed by atoms with Gasteiger partial charge in [0, 0.05) is 12.8 Å². The Hall–Kier alpha value is -6.39. The molecule has 0 aliphatic rings. The fourth-order valence-electron chi connectivity index (χ4n) is 8.11. The van der Waals surface area contributed by atoms with E-state index in [4.69, 9.17) is 18.9 Å². The minimum absolute atomic E-state index is 0.124. The monoisotopic (exact) mass is 1220 g/mol. The van der Waals surface area contributed by atoms with Crippen molar-refractivity contribution in [3.63, 3.8) is 0 Å². The predicted molar refractivity (Wildman–Crippen MR) is 379 cm³/mol. The van der Waals surface area contributed by atoms with Gasteiger partial charge >= 0.3 is 11.9 Å². The predicted octanol–water partition coefficient (Wildman–Crippen LogP) is 20.0. The molecule has 0 saturated heterocycles. The van der Waals surface area contributed by atoms with Crippen LogP contribution in [0.4, 0.5) is 0 Å². The van der Waals surface area contributed by atoms with Gasteiger partial charge in [-0.25, -0.2) is 0 Å². The molecule has 0 aliphatic heterocycles. The number of carbonyl (C=O) groups is 3. The molecule has 0 aromatic heterocycles. The molecule has 0 radical (unpaired) electrons. The third kappa shape index (κ3) is 69.0. The molecule has 0 amide bonds. The molecule has 0 fully saturated rings. The second-order valence-corrected chi connectivity index (χ2v) is 22.6. The zero-order valence-corrected chi connectivity index (χ0v) is 56.2. The van der Waals surface area contributed by atoms with Crippen LogP contribution < -0.4 is 5.11 Å². The first-order valence-corrected chi connectivity index (χ1v) is 33.9. The fraction of sp³-hybridized carbons (Fsp3) is 0.512. The highest BCUT2D eigenvalue weighted by molar-refractivity contribution is 5.70. The summed E-state index contributed by atoms with van der Waals surface area (Å²) < 4.78 is 22.7. The Balaban J connectivity index is 4.36. The molecule has 0 aromatic rings. The third-order valence-corrected chi connectivity index (χ3v) is 13.2. The molecule has 0 aromatic carbocycles. The Morgan fingerprint density at radius 2 is 0.607 bits per heavy atom. The van der Waals surface area contributed by atoms with Gasteiger partial charge in [-0.3, -0.25) is 9.59 Å². The van der Waals surface area contributed by atoms with Crippen molar-refractivity contribution in [3.8, 4) is 0 Å². The number of aliphatic carboxylic acids is 1. The summed E-state index contributed by atoms with van der Waals surface area (Å²) in [6, 6.07) is 0. The van der Waals surface area contributed by atoms with Crippen molar-refractivity contribution >= 4 is 17.9 Å². The maximum Gasteiger partial charge on any atom is 0.306 e. The van der Waals surface area contributed by atoms with Crippen molar-refractivity contribution < 1.29 is 42.9 Å². The van der Waals surface area contributed by atoms with Gasteiger partial charge in [0.1, 0.15) is 13.2 Å². The summed E-state index contributed by atoms with van der Waals surface area (Å²) >= 11 is 0. The molecule has 9 nitrogen and oxygen atoms in total. The van der Waals surface area contributed by atoms with Crippen molar-refractivity contribution in [2.75, 3.05) is 47.5 Å². The Bertz CT molecular complexity index is 2260. The first-order valence-electron chi connectivity index (χ1n) is 33.9. The molecule has 2 atom stereocenters. The lowest BCUT2D eigenvalue weighted by atomic mass is 10.1. The zero-order chi connectivity index (χ0) is 64.7. The van der Waals surface area contributed by atoms with Crippen molar-refractivity contribution in [3.05, 3.63) is 219 Å². The van der Waals surface area contributed by atoms with Gasteiger partial charge in [0.25, 0.3) is 0 Å². The summed E-state index contributed by atoms with van der Waals surface area (Å²) in [5.41, 5.74) is 0. The lowest BCUT2D eigenvalue weighted by Crippen LogP contribution is -2.44. The fourth-order valence-corrected chi connectivity index (χ4v) is 8.11. The molecule has 89 heavy (non-hydrogen) atoms. The number of likely N-dealkylation sites (N-methyl/N-ethyl adjacent to an activating group) is 1. The molecular weight excluding hydrogens is 1100 g/mol. The summed E-state index contributed by atoms with van der Waals surface area (Å²) in [5, 5.41) is 11.8. The molecule has 0 aliphatic carbocycles. The number of hydrogen-bond donors (Lipinski definition) is 0. The van der Waals surface area contributed by atoms with Crippen LogP contribution >= 0.6 is 0 Å². The minimum atomic E-state index is -1.65. The summed E-state index contributed by atoms with van der Waals surface area (Å²) in [6.45, 7) is 4.42. The van der Waals surface area contributed by atoms with Crippen molar-refractivity contribution in [1.82, 2.24) is 0 Å². The molecule has 494 valence electrons. The average Bonchev–Trinajstić information content (AvgIpc) is 3.64. The van der Waals surface area contributed by atoms with Gasteiger partial charge in [0.05, 0.1) is 40.3 Å². The van der Waals surface area contributed by atoms with Crippen LogP contribution in [0.25, 0.3) is 0 Å². The second-order valence-electron chi connectivity index (χ2n) is 22.6. The van der Waals surface area contributed by atoms with Crippen LogP contribution in [0.3, 0.4) is 0 Å². The van der Waals surface area contributed by atoms with Crippen LogP contribution in [0, 0.1) is 0 Å². The molecule has 0 N–H and O–H groups in total. The van der Waals surface area contributed by atoms with E-state index in [1.54, 1.807) is 0 Å². The van der Waals surface area contributed by atoms with Crippen LogP contribution in [-0.4, -0.2) is 82.3 Å². The minimum Gasteiger partial charge on any atom is -0.545 e. The number of quaternary nitrogens is 1. The van der Waals surface area contributed by atoms with Crippen LogP contribution in [0.15, 0.2) is 219 Å². The molecule has 0 saturated carbocycles. The number of allylic oxidation sites excluding steroid dienone is 36. The van der Waals surface area contributed by atoms with Gasteiger partial charge in [0.15, 0.2) is 12.4 Å². The number of unbranched alkanes of at least 4 members (excludes halogenated alkanes) is 8. The van der Waals surface area contributed by atoms with E-state index >= 15 is 0 Å². The molecule has 9 heteroatoms. The molecule has 2 unspecified atom stereocenters. The van der Waals surface area contributed by atoms with Crippen molar-refractivity contribution in [2.45, 2.75) is 219 Å². The van der Waals surface area contributed by atoms with Gasteiger partial charge in [-0.15, -0.1) is 0 Å². The smallest absolute Gasteiger partial charge is 0.306 e. The van der Waals surface area contributed by atoms with E-state index in [0.717, 1.165) is 167 Å². The highest BCUT2D eigenvalue weighted by atomic mass is 16.7. The number of nitrogens with zero attached hydrogens (tertiary/aromatic N) is 1. The first-order chi connectivity index (χ1) is 43.6. The standard InChI is InChI=1S/C80H121NO8/c1-6-8-10-12-14-16-18-20-22-24-26-28-30-32-34-36-37-38-39-40-41-43-45-47-49-51-53-55-57-59-61-63-65-67-69-71-78(83)89-76(75-88-80(79(84)85)86-73-72-81(3,4)5)74-87-77(82)70-68-66-64-62-60-58-56-54-52-50-48-46-44-42-35-33-31-29-27-25-23-21-19-17-15-13-11-9-7-2/h8-11,14-17,20-23,26-29,32-35,37-38,40-41,44-47,50-53,56-59,76,80H,6-7,12-13,18-19,24-25,30-31,36,39,42-43,48-49,54-55,60-75H2,1-5H3/b10-8-,11-9-,16-14-,17-15-,22-20-,23-21-,28-26-,29-27-,34-32-,35-33-,38-37-,41-40-,46-44-,47-45-,52-50-,53-51-,58-56-,59-57-. The summed E-state index contributed by atoms with van der Waals surface area (Å²) in [6.07, 6.45) is 104. The van der Waals surface area contributed by atoms with Crippen LogP contribution in [0.5, 0.6) is 0 Å². The van der Waals surface area contributed by atoms with Gasteiger partial charge < -0.3 is 33.3 Å². The molecule has 0 heterocycles. The lowest BCUT2D eigenvalue weighted by Gasteiger charge is -2.26. The second kappa shape index (κ2) is 67.5. The molecule has 0 bridgehead atoms. The van der Waals surface area contributed by atoms with E-state index in [9.17, 15) is 19.5 Å². The van der Waals surface area contributed by atoms with Crippen LogP contribution in [0.1, 0.15) is 206 Å². The molecule has 0 rings (SSSR count). The molecule has 0 spiro atoms. The zero-order valence-electron chi connectivity index (χ0n) is 56.2. The van der Waals surface area contributed by atoms with Crippen LogP contribution in [-0.2, 0) is 33.3 Å². The van der Waals surface area contributed by atoms with Gasteiger partial charge in [0.2, 0.25) is 0 Å². The third-order valence-electron chi connectivity index (χ3n) is 13.2. The van der Waals surface area contributed by atoms with Gasteiger partial charge in [-0.05, 0) is 154 Å². The summed E-state index contributed by atoms with van der Waals surface area (Å²) in [5.74, 6) is -2.38. The highest BCUT2D eigenvalue weighted by Gasteiger charge is 2.22. The van der Waals surface area contributed by atoms with Crippen LogP contribution in [0.2, 0.25) is 0 Å². The SMILES string of the molecule is CC/C=C\C/C=C\C/C=C\C/C=C\C/C=C\C/C=C\C/C=C\C/C=C\C/C=C\C/C=C\CCCCCCC(=O)OC(COC(=O)CCCCCC/C=C\C/C=C\C/C=C\C/C=C\C/C=C\C/C=C\C/C=C\C/C=C\CC)COC(OCC[N+](C)(C)C)C(=O)[O-]. The van der Waals surface area contributed by atoms with E-state index in [0.29, 0.717) is 23.9 Å². The maximum atomic E-state index is 12.9. The van der Waals surface area contributed by atoms with E-state index in [-0.39, 0.29) is 32.7 Å². The maximum absolute atomic E-state index is 12.9. The number of carboxylic acid groups (broad SMARTS) is 1. The van der Waals surface area contributed by atoms with Crippen molar-refractivity contribution in [2.24, 2.45) is 0 Å². The Labute approximate surface area is 543 Å². The Kier molecular flexibility index (Phi) is 62.7. The molecular formula is C80H121NO8. The highest BCUT2D eigenvalue weighted by Crippen LogP contribution is 2.12. The van der Waals surface area contributed by atoms with E-state index in [2.05, 4.69) is 233 Å². The van der Waals surface area contributed by atoms with E-state index in [1.165, 1.54) is 0 Å². The quantitative estimate of drug-likeness (QED) is 0.0195. The topological polar surface area (TPSA) is 111 Å². The summed E-state index contributed by atoms with van der Waals surface area (Å²) in [4.78, 5) is 37.5. The number of rotatable bonds is 59. The van der Waals surface area contributed by atoms with E-state index in [1.807, 2.05) is 21.1 Å². The van der Waals surface area contributed by atoms with Gasteiger partial charge in [-0.2, -0.15) is 0 Å². The first kappa shape index (κ1) is 82.6. The van der Waals surface area contributed by atoms with Crippen molar-refractivity contribution in [1.29, 1.82) is 0 Å². The normalized spacial score (nSPS) is 14.1. The van der Waals surface area contributed by atoms with E-state index < -0.39 is 30.3 Å². The summed E-state index contributed by atoms with van der Waals surface area (Å²) in [7, 11) is 5.89. The number of esters is 2. The Morgan fingerprint density at radius 1 is 0.337 bits per heavy atom. The lowest BCUT2D eigenvalue weighted by molar-refractivity contribution is -0.870. The average molecular weight is 1220 g/mol. The number of hydrogen-bond acceptors (Lipinski definition) is 8. The number of carbonyl (C=O) groups excluding carboxylic acids is 3. The number of ether oxygens (including phenoxy) is 4. The largest absolute Gasteiger partial charge is 0.545 e. The number of carboxylic acids is 1. The van der Waals surface area contributed by atoms with Gasteiger partial charge in [-0.1, -0.05) is 258 Å².